The second-order valence-corrected chi connectivity index (χ2v) is 8.18. The second-order valence-electron chi connectivity index (χ2n) is 7.77. The molecule has 9 heteroatoms. The van der Waals surface area contributed by atoms with Gasteiger partial charge in [0.25, 0.3) is 11.7 Å². The van der Waals surface area contributed by atoms with Gasteiger partial charge in [0, 0.05) is 31.0 Å². The molecule has 3 aromatic rings. The predicted molar refractivity (Wildman–Crippen MR) is 127 cm³/mol. The van der Waals surface area contributed by atoms with Crippen LogP contribution in [0.5, 0.6) is 11.5 Å². The van der Waals surface area contributed by atoms with Gasteiger partial charge in [0.2, 0.25) is 0 Å². The number of aliphatic hydroxyl groups excluding tert-OH is 1. The van der Waals surface area contributed by atoms with E-state index in [1.54, 1.807) is 56.0 Å². The lowest BCUT2D eigenvalue weighted by Gasteiger charge is -2.25. The van der Waals surface area contributed by atoms with E-state index in [4.69, 9.17) is 21.1 Å². The molecule has 2 heterocycles. The maximum atomic E-state index is 13.2. The van der Waals surface area contributed by atoms with E-state index in [1.807, 2.05) is 10.8 Å². The minimum absolute atomic E-state index is 0.00196. The molecule has 1 amide bonds. The number of ether oxygens (including phenoxy) is 2. The second kappa shape index (κ2) is 10.0. The van der Waals surface area contributed by atoms with E-state index in [0.717, 1.165) is 0 Å². The Kier molecular flexibility index (Phi) is 6.88. The standard InChI is InChI=1S/C25H24ClN3O5/c1-33-18-6-3-5-16(13-18)22-21(23(30)17-7-8-20(34-2)19(26)14-17)24(31)25(32)29(22)11-4-10-28-12-9-27-15-28/h3,5-9,12-15,22,30H,4,10-11H2,1-2H3/b23-21+/t22-/m1/s1. The Morgan fingerprint density at radius 1 is 1.12 bits per heavy atom. The molecule has 0 aliphatic carbocycles. The fraction of sp³-hybridized carbons (Fsp3) is 0.240. The number of rotatable bonds is 8. The van der Waals surface area contributed by atoms with Crippen LogP contribution in [0.2, 0.25) is 5.02 Å². The van der Waals surface area contributed by atoms with Gasteiger partial charge in [0.05, 0.1) is 37.2 Å². The molecule has 4 rings (SSSR count). The Morgan fingerprint density at radius 3 is 2.62 bits per heavy atom. The highest BCUT2D eigenvalue weighted by Crippen LogP contribution is 2.41. The Bertz CT molecular complexity index is 1240. The molecule has 0 radical (unpaired) electrons. The maximum Gasteiger partial charge on any atom is 0.295 e. The molecule has 1 aliphatic rings. The van der Waals surface area contributed by atoms with Crippen LogP contribution in [0.25, 0.3) is 5.76 Å². The number of nitrogens with zero attached hydrogens (tertiary/aromatic N) is 3. The highest BCUT2D eigenvalue weighted by atomic mass is 35.5. The molecule has 1 saturated heterocycles. The Hall–Kier alpha value is -3.78. The van der Waals surface area contributed by atoms with Crippen molar-refractivity contribution >= 4 is 29.1 Å². The Morgan fingerprint density at radius 2 is 1.94 bits per heavy atom. The molecule has 0 unspecified atom stereocenters. The largest absolute Gasteiger partial charge is 0.507 e. The SMILES string of the molecule is COc1cccc([C@@H]2/C(=C(\O)c3ccc(OC)c(Cl)c3)C(=O)C(=O)N2CCCn2ccnc2)c1. The Labute approximate surface area is 202 Å². The van der Waals surface area contributed by atoms with E-state index < -0.39 is 17.7 Å². The molecule has 34 heavy (non-hydrogen) atoms. The molecule has 1 fully saturated rings. The number of aryl methyl sites for hydroxylation is 1. The number of methoxy groups -OCH3 is 2. The molecule has 8 nitrogen and oxygen atoms in total. The summed E-state index contributed by atoms with van der Waals surface area (Å²) >= 11 is 6.24. The van der Waals surface area contributed by atoms with Crippen molar-refractivity contribution in [3.63, 3.8) is 0 Å². The number of amides is 1. The number of likely N-dealkylation sites (tertiary alicyclic amines) is 1. The van der Waals surface area contributed by atoms with E-state index in [0.29, 0.717) is 42.1 Å². The summed E-state index contributed by atoms with van der Waals surface area (Å²) in [6.07, 6.45) is 5.81. The summed E-state index contributed by atoms with van der Waals surface area (Å²) in [7, 11) is 3.03. The number of halogens is 1. The van der Waals surface area contributed by atoms with Gasteiger partial charge in [-0.1, -0.05) is 23.7 Å². The first-order chi connectivity index (χ1) is 16.4. The zero-order valence-electron chi connectivity index (χ0n) is 18.8. The molecule has 176 valence electrons. The number of hydrogen-bond donors (Lipinski definition) is 1. The number of ketones is 1. The van der Waals surface area contributed by atoms with Crippen LogP contribution in [0.1, 0.15) is 23.6 Å². The van der Waals surface area contributed by atoms with Crippen LogP contribution in [0.4, 0.5) is 0 Å². The van der Waals surface area contributed by atoms with Crippen LogP contribution in [0, 0.1) is 0 Å². The minimum atomic E-state index is -0.779. The van der Waals surface area contributed by atoms with Gasteiger partial charge in [-0.2, -0.15) is 0 Å². The van der Waals surface area contributed by atoms with Gasteiger partial charge in [-0.05, 0) is 42.3 Å². The average Bonchev–Trinajstić information content (AvgIpc) is 3.46. The molecule has 2 aromatic carbocycles. The predicted octanol–water partition coefficient (Wildman–Crippen LogP) is 4.07. The minimum Gasteiger partial charge on any atom is -0.507 e. The van der Waals surface area contributed by atoms with Crippen molar-refractivity contribution in [1.29, 1.82) is 0 Å². The lowest BCUT2D eigenvalue weighted by Crippen LogP contribution is -2.31. The summed E-state index contributed by atoms with van der Waals surface area (Å²) in [5.41, 5.74) is 0.972. The van der Waals surface area contributed by atoms with Crippen molar-refractivity contribution in [3.8, 4) is 11.5 Å². The normalized spacial score (nSPS) is 17.3. The summed E-state index contributed by atoms with van der Waals surface area (Å²) in [6, 6.07) is 11.0. The van der Waals surface area contributed by atoms with Gasteiger partial charge in [-0.25, -0.2) is 4.98 Å². The van der Waals surface area contributed by atoms with Crippen molar-refractivity contribution in [1.82, 2.24) is 14.5 Å². The smallest absolute Gasteiger partial charge is 0.295 e. The van der Waals surface area contributed by atoms with Crippen molar-refractivity contribution < 1.29 is 24.2 Å². The molecular formula is C25H24ClN3O5. The lowest BCUT2D eigenvalue weighted by atomic mass is 9.95. The first kappa shape index (κ1) is 23.4. The molecule has 0 bridgehead atoms. The average molecular weight is 482 g/mol. The van der Waals surface area contributed by atoms with E-state index in [9.17, 15) is 14.7 Å². The van der Waals surface area contributed by atoms with Crippen molar-refractivity contribution in [2.45, 2.75) is 19.0 Å². The third kappa shape index (κ3) is 4.49. The van der Waals surface area contributed by atoms with Crippen LogP contribution < -0.4 is 9.47 Å². The fourth-order valence-electron chi connectivity index (χ4n) is 4.08. The van der Waals surface area contributed by atoms with Crippen molar-refractivity contribution in [2.75, 3.05) is 20.8 Å². The number of carbonyl (C=O) groups excluding carboxylic acids is 2. The molecule has 1 N–H and O–H groups in total. The first-order valence-corrected chi connectivity index (χ1v) is 11.0. The third-order valence-electron chi connectivity index (χ3n) is 5.75. The third-order valence-corrected chi connectivity index (χ3v) is 6.04. The molecule has 0 spiro atoms. The van der Waals surface area contributed by atoms with Crippen LogP contribution >= 0.6 is 11.6 Å². The topological polar surface area (TPSA) is 93.9 Å². The van der Waals surface area contributed by atoms with Gasteiger partial charge in [0.15, 0.2) is 0 Å². The van der Waals surface area contributed by atoms with E-state index in [2.05, 4.69) is 4.98 Å². The van der Waals surface area contributed by atoms with Gasteiger partial charge in [-0.3, -0.25) is 9.59 Å². The summed E-state index contributed by atoms with van der Waals surface area (Å²) in [5.74, 6) is -0.705. The summed E-state index contributed by atoms with van der Waals surface area (Å²) in [6.45, 7) is 0.937. The number of benzene rings is 2. The van der Waals surface area contributed by atoms with Gasteiger partial charge in [0.1, 0.15) is 17.3 Å². The van der Waals surface area contributed by atoms with E-state index in [-0.39, 0.29) is 16.4 Å². The quantitative estimate of drug-likeness (QED) is 0.296. The monoisotopic (exact) mass is 481 g/mol. The zero-order valence-corrected chi connectivity index (χ0v) is 19.5. The number of aromatic nitrogens is 2. The van der Waals surface area contributed by atoms with Gasteiger partial charge < -0.3 is 24.0 Å². The van der Waals surface area contributed by atoms with Crippen LogP contribution in [0.15, 0.2) is 66.8 Å². The molecular weight excluding hydrogens is 458 g/mol. The van der Waals surface area contributed by atoms with E-state index >= 15 is 0 Å². The first-order valence-electron chi connectivity index (χ1n) is 10.7. The zero-order chi connectivity index (χ0) is 24.2. The number of hydrogen-bond acceptors (Lipinski definition) is 6. The van der Waals surface area contributed by atoms with Crippen molar-refractivity contribution in [2.24, 2.45) is 0 Å². The highest BCUT2D eigenvalue weighted by Gasteiger charge is 2.45. The fourth-order valence-corrected chi connectivity index (χ4v) is 4.34. The van der Waals surface area contributed by atoms with E-state index in [1.165, 1.54) is 18.1 Å². The number of aliphatic hydroxyl groups is 1. The van der Waals surface area contributed by atoms with Gasteiger partial charge in [-0.15, -0.1) is 0 Å². The molecule has 0 saturated carbocycles. The summed E-state index contributed by atoms with van der Waals surface area (Å²) in [4.78, 5) is 31.8. The van der Waals surface area contributed by atoms with Crippen LogP contribution in [0.3, 0.4) is 0 Å². The summed E-state index contributed by atoms with van der Waals surface area (Å²) < 4.78 is 12.4. The molecule has 1 atom stereocenters. The summed E-state index contributed by atoms with van der Waals surface area (Å²) in [5, 5.41) is 11.5. The maximum absolute atomic E-state index is 13.2. The van der Waals surface area contributed by atoms with Gasteiger partial charge >= 0.3 is 0 Å². The number of Topliss-reactive ketones (excluding diaryl/α,β-unsaturated/α-hetero) is 1. The van der Waals surface area contributed by atoms with Crippen LogP contribution in [-0.2, 0) is 16.1 Å². The highest BCUT2D eigenvalue weighted by molar-refractivity contribution is 6.46. The van der Waals surface area contributed by atoms with Crippen molar-refractivity contribution in [3.05, 3.63) is 82.9 Å². The lowest BCUT2D eigenvalue weighted by molar-refractivity contribution is -0.139. The Balaban J connectivity index is 1.76. The number of carbonyl (C=O) groups is 2. The molecule has 1 aliphatic heterocycles. The number of imidazole rings is 1. The molecule has 1 aromatic heterocycles. The van der Waals surface area contributed by atoms with Crippen LogP contribution in [-0.4, -0.2) is 52.0 Å².